The molecule has 0 aromatic heterocycles. The molecule has 0 heterocycles. The molecule has 5 N–H and O–H groups in total. The summed E-state index contributed by atoms with van der Waals surface area (Å²) in [7, 11) is 0. The topological polar surface area (TPSA) is 123 Å². The fourth-order valence-corrected chi connectivity index (χ4v) is 3.66. The number of amides is 3. The van der Waals surface area contributed by atoms with Gasteiger partial charge in [-0.2, -0.15) is 55.1 Å². The quantitative estimate of drug-likeness (QED) is 0.168. The van der Waals surface area contributed by atoms with Crippen molar-refractivity contribution in [3.05, 3.63) is 81.9 Å². The molecule has 0 fully saturated rings. The van der Waals surface area contributed by atoms with Gasteiger partial charge in [0.15, 0.2) is 0 Å². The number of primary amides is 1. The number of allylic oxidation sites excluding steroid dienone is 1. The van der Waals surface area contributed by atoms with Crippen LogP contribution in [0.4, 0.5) is 18.0 Å². The molecule has 0 aliphatic heterocycles. The van der Waals surface area contributed by atoms with Crippen LogP contribution in [0.25, 0.3) is 0 Å². The molecule has 1 atom stereocenters. The van der Waals surface area contributed by atoms with Crippen LogP contribution < -0.4 is 40.6 Å². The Morgan fingerprint density at radius 2 is 1.80 bits per heavy atom. The molecule has 0 bridgehead atoms. The Hall–Kier alpha value is -2.37. The molecule has 1 unspecified atom stereocenters. The van der Waals surface area contributed by atoms with Crippen molar-refractivity contribution in [2.75, 3.05) is 13.1 Å². The van der Waals surface area contributed by atoms with Gasteiger partial charge in [0.25, 0.3) is 0 Å². The van der Waals surface area contributed by atoms with Crippen molar-refractivity contribution in [3.63, 3.8) is 0 Å². The summed E-state index contributed by atoms with van der Waals surface area (Å²) in [5.74, 6) is -0.875. The molecule has 2 aromatic carbocycles. The molecule has 7 nitrogen and oxygen atoms in total. The molecule has 3 rings (SSSR count). The number of carbonyl (C=O) groups excluding carboxylic acids is 2. The van der Waals surface area contributed by atoms with Gasteiger partial charge in [0.1, 0.15) is 5.84 Å². The number of nitrogens with two attached hydrogens (primary N) is 1. The number of nitrogens with one attached hydrogen (secondary N) is 3. The van der Waals surface area contributed by atoms with Gasteiger partial charge in [-0.3, -0.25) is 21.2 Å². The third kappa shape index (κ3) is 11.6. The SMILES string of the molecule is CC1(C(N)=O)C[C-]=C(C(=N)CNC(=O)N(CCC(F)(F)F)C(=N)c2ccc(Cl)cc2)CC1.Clc1c[c-]ccc1.[Na+]. The molecule has 0 spiro atoms. The largest absolute Gasteiger partial charge is 1.00 e. The van der Waals surface area contributed by atoms with E-state index in [2.05, 4.69) is 17.5 Å². The van der Waals surface area contributed by atoms with E-state index < -0.39 is 42.3 Å². The van der Waals surface area contributed by atoms with Gasteiger partial charge in [-0.05, 0) is 37.2 Å². The van der Waals surface area contributed by atoms with E-state index >= 15 is 0 Å². The van der Waals surface area contributed by atoms with E-state index in [0.29, 0.717) is 28.3 Å². The molecular weight excluding hydrogens is 577 g/mol. The van der Waals surface area contributed by atoms with Gasteiger partial charge in [0, 0.05) is 22.5 Å². The van der Waals surface area contributed by atoms with Crippen molar-refractivity contribution in [3.8, 4) is 0 Å². The van der Waals surface area contributed by atoms with Crippen LogP contribution in [0.2, 0.25) is 10.0 Å². The Labute approximate surface area is 263 Å². The van der Waals surface area contributed by atoms with Crippen molar-refractivity contribution in [1.82, 2.24) is 10.2 Å². The molecule has 0 saturated carbocycles. The third-order valence-corrected chi connectivity index (χ3v) is 6.40. The third-order valence-electron chi connectivity index (χ3n) is 5.91. The summed E-state index contributed by atoms with van der Waals surface area (Å²) in [6, 6.07) is 14.9. The number of hydrogen-bond donors (Lipinski definition) is 4. The van der Waals surface area contributed by atoms with Crippen LogP contribution in [-0.2, 0) is 4.79 Å². The molecule has 210 valence electrons. The van der Waals surface area contributed by atoms with Crippen molar-refractivity contribution < 1.29 is 52.3 Å². The Morgan fingerprint density at radius 1 is 1.15 bits per heavy atom. The predicted molar refractivity (Wildman–Crippen MR) is 145 cm³/mol. The van der Waals surface area contributed by atoms with Gasteiger partial charge < -0.3 is 16.5 Å². The van der Waals surface area contributed by atoms with E-state index in [-0.39, 0.29) is 53.8 Å². The van der Waals surface area contributed by atoms with Crippen LogP contribution in [0.3, 0.4) is 0 Å². The normalized spacial score (nSPS) is 16.3. The average molecular weight is 605 g/mol. The zero-order valence-electron chi connectivity index (χ0n) is 22.1. The van der Waals surface area contributed by atoms with Crippen LogP contribution >= 0.6 is 23.2 Å². The zero-order valence-corrected chi connectivity index (χ0v) is 25.6. The summed E-state index contributed by atoms with van der Waals surface area (Å²) in [5, 5.41) is 19.9. The molecule has 2 aromatic rings. The van der Waals surface area contributed by atoms with Gasteiger partial charge in [0.2, 0.25) is 5.91 Å². The first-order valence-electron chi connectivity index (χ1n) is 11.8. The number of alkyl halides is 3. The van der Waals surface area contributed by atoms with Crippen molar-refractivity contribution in [2.24, 2.45) is 11.1 Å². The Morgan fingerprint density at radius 3 is 2.25 bits per heavy atom. The van der Waals surface area contributed by atoms with Crippen LogP contribution in [-0.4, -0.2) is 47.7 Å². The molecule has 1 aliphatic rings. The van der Waals surface area contributed by atoms with Gasteiger partial charge >= 0.3 is 41.8 Å². The Kier molecular flexibility index (Phi) is 14.4. The summed E-state index contributed by atoms with van der Waals surface area (Å²) in [6.45, 7) is 0.701. The first-order valence-corrected chi connectivity index (χ1v) is 12.5. The van der Waals surface area contributed by atoms with Crippen LogP contribution in [0.5, 0.6) is 0 Å². The molecule has 0 saturated heterocycles. The fraction of sp³-hybridized carbons (Fsp3) is 0.333. The minimum Gasteiger partial charge on any atom is -0.397 e. The predicted octanol–water partition coefficient (Wildman–Crippen LogP) is 3.20. The number of hydrogen-bond acceptors (Lipinski definition) is 4. The molecule has 1 aliphatic carbocycles. The van der Waals surface area contributed by atoms with Gasteiger partial charge in [-0.1, -0.05) is 42.1 Å². The Balaban J connectivity index is 0.000000867. The summed E-state index contributed by atoms with van der Waals surface area (Å²) in [5.41, 5.74) is 5.40. The number of rotatable bonds is 7. The van der Waals surface area contributed by atoms with E-state index in [4.69, 9.17) is 39.8 Å². The summed E-state index contributed by atoms with van der Waals surface area (Å²) >= 11 is 11.3. The van der Waals surface area contributed by atoms with E-state index in [1.54, 1.807) is 13.0 Å². The minimum absolute atomic E-state index is 0. The number of carbonyl (C=O) groups is 2. The van der Waals surface area contributed by atoms with E-state index in [9.17, 15) is 22.8 Å². The summed E-state index contributed by atoms with van der Waals surface area (Å²) in [4.78, 5) is 24.8. The van der Waals surface area contributed by atoms with Crippen molar-refractivity contribution in [2.45, 2.75) is 38.8 Å². The number of urea groups is 1. The van der Waals surface area contributed by atoms with Crippen molar-refractivity contribution in [1.29, 1.82) is 10.8 Å². The van der Waals surface area contributed by atoms with E-state index in [1.807, 2.05) is 18.2 Å². The number of amidine groups is 1. The van der Waals surface area contributed by atoms with Gasteiger partial charge in [-0.25, -0.2) is 10.4 Å². The number of benzene rings is 2. The monoisotopic (exact) mass is 604 g/mol. The standard InChI is InChI=1S/C21H24ClF3N5O2.C6H4Cl.Na/c1-20(18(28)31)8-6-13(7-9-20)16(26)12-29-19(32)30(11-10-21(23,24)25)17(27)14-2-4-15(22)5-3-14;7-6-4-2-1-3-5-6;/h2-5,26-27H,6,8-12H2,1H3,(H2,28,31)(H,29,32);1-2,4-5H;/q2*-1;+1. The fourth-order valence-electron chi connectivity index (χ4n) is 3.40. The zero-order chi connectivity index (χ0) is 29.2. The van der Waals surface area contributed by atoms with Gasteiger partial charge in [-0.15, -0.1) is 0 Å². The average Bonchev–Trinajstić information content (AvgIpc) is 2.88. The second-order valence-corrected chi connectivity index (χ2v) is 9.86. The smallest absolute Gasteiger partial charge is 0.397 e. The summed E-state index contributed by atoms with van der Waals surface area (Å²) < 4.78 is 38.2. The maximum atomic E-state index is 12.7. The number of halogens is 5. The van der Waals surface area contributed by atoms with Gasteiger partial charge in [0.05, 0.1) is 6.42 Å². The first kappa shape index (κ1) is 35.7. The molecular formula is C27H28Cl2F3N5NaO2-. The van der Waals surface area contributed by atoms with Crippen LogP contribution in [0.1, 0.15) is 38.2 Å². The summed E-state index contributed by atoms with van der Waals surface area (Å²) in [6.07, 6.45) is -1.80. The second-order valence-electron chi connectivity index (χ2n) is 8.99. The Bertz CT molecular complexity index is 1210. The molecule has 13 heteroatoms. The first-order chi connectivity index (χ1) is 18.2. The van der Waals surface area contributed by atoms with Crippen LogP contribution in [0.15, 0.2) is 54.1 Å². The second kappa shape index (κ2) is 16.2. The molecule has 3 amide bonds. The maximum absolute atomic E-state index is 12.7. The minimum atomic E-state index is -4.51. The van der Waals surface area contributed by atoms with E-state index in [1.165, 1.54) is 24.3 Å². The molecule has 0 radical (unpaired) electrons. The molecule has 40 heavy (non-hydrogen) atoms. The van der Waals surface area contributed by atoms with E-state index in [0.717, 1.165) is 5.02 Å². The van der Waals surface area contributed by atoms with Crippen LogP contribution in [0, 0.1) is 28.4 Å². The van der Waals surface area contributed by atoms with Crippen molar-refractivity contribution >= 4 is 46.7 Å². The number of nitrogens with zero attached hydrogens (tertiary/aromatic N) is 1. The maximum Gasteiger partial charge on any atom is 1.00 e.